The van der Waals surface area contributed by atoms with Crippen molar-refractivity contribution >= 4 is 12.3 Å². The van der Waals surface area contributed by atoms with E-state index >= 15 is 0 Å². The second-order valence-corrected chi connectivity index (χ2v) is 5.67. The molecule has 1 aliphatic rings. The molecule has 0 saturated carbocycles. The van der Waals surface area contributed by atoms with Gasteiger partial charge in [0.1, 0.15) is 0 Å². The average Bonchev–Trinajstić information content (AvgIpc) is 2.62. The summed E-state index contributed by atoms with van der Waals surface area (Å²) >= 11 is 0. The molecule has 6 nitrogen and oxygen atoms in total. The van der Waals surface area contributed by atoms with Crippen LogP contribution in [0.4, 0.5) is 0 Å². The maximum Gasteiger partial charge on any atom is 0.223 e. The van der Waals surface area contributed by atoms with Crippen molar-refractivity contribution in [3.8, 4) is 11.5 Å². The zero-order valence-electron chi connectivity index (χ0n) is 14.5. The van der Waals surface area contributed by atoms with Gasteiger partial charge in [0, 0.05) is 32.6 Å². The van der Waals surface area contributed by atoms with Crippen molar-refractivity contribution in [2.75, 3.05) is 39.4 Å². The summed E-state index contributed by atoms with van der Waals surface area (Å²) < 4.78 is 11.2. The highest BCUT2D eigenvalue weighted by molar-refractivity contribution is 5.76. The average molecular weight is 334 g/mol. The molecule has 0 bridgehead atoms. The Morgan fingerprint density at radius 1 is 1.08 bits per heavy atom. The molecule has 0 atom stereocenters. The number of nitrogens with zero attached hydrogens (tertiary/aromatic N) is 2. The zero-order chi connectivity index (χ0) is 17.4. The number of carbonyl (C=O) groups is 2. The van der Waals surface area contributed by atoms with Crippen molar-refractivity contribution in [3.63, 3.8) is 0 Å². The second-order valence-electron chi connectivity index (χ2n) is 5.67. The van der Waals surface area contributed by atoms with Gasteiger partial charge in [-0.05, 0) is 38.0 Å². The smallest absolute Gasteiger partial charge is 0.223 e. The van der Waals surface area contributed by atoms with Crippen LogP contribution in [0.2, 0.25) is 0 Å². The summed E-state index contributed by atoms with van der Waals surface area (Å²) in [6, 6.07) is 5.83. The van der Waals surface area contributed by atoms with E-state index in [1.165, 1.54) is 0 Å². The monoisotopic (exact) mass is 334 g/mol. The van der Waals surface area contributed by atoms with Crippen molar-refractivity contribution < 1.29 is 19.1 Å². The molecule has 0 spiro atoms. The molecule has 1 aromatic carbocycles. The van der Waals surface area contributed by atoms with Gasteiger partial charge in [0.2, 0.25) is 12.3 Å². The van der Waals surface area contributed by atoms with Crippen LogP contribution in [0, 0.1) is 0 Å². The van der Waals surface area contributed by atoms with Gasteiger partial charge in [-0.25, -0.2) is 0 Å². The molecule has 1 aromatic rings. The van der Waals surface area contributed by atoms with E-state index in [4.69, 9.17) is 9.47 Å². The largest absolute Gasteiger partial charge is 0.490 e. The van der Waals surface area contributed by atoms with Crippen LogP contribution in [0.3, 0.4) is 0 Å². The molecule has 0 aliphatic carbocycles. The summed E-state index contributed by atoms with van der Waals surface area (Å²) in [7, 11) is 0. The van der Waals surface area contributed by atoms with Crippen LogP contribution >= 0.6 is 0 Å². The number of piperazine rings is 1. The quantitative estimate of drug-likeness (QED) is 0.679. The van der Waals surface area contributed by atoms with E-state index in [1.54, 1.807) is 4.90 Å². The van der Waals surface area contributed by atoms with Crippen molar-refractivity contribution in [2.24, 2.45) is 0 Å². The van der Waals surface area contributed by atoms with Crippen LogP contribution in [-0.4, -0.2) is 61.5 Å². The molecule has 1 heterocycles. The van der Waals surface area contributed by atoms with Gasteiger partial charge in [0.15, 0.2) is 11.5 Å². The second kappa shape index (κ2) is 9.15. The molecule has 24 heavy (non-hydrogen) atoms. The van der Waals surface area contributed by atoms with Crippen LogP contribution in [0.15, 0.2) is 18.2 Å². The van der Waals surface area contributed by atoms with E-state index in [2.05, 4.69) is 0 Å². The summed E-state index contributed by atoms with van der Waals surface area (Å²) in [4.78, 5) is 26.5. The number of benzene rings is 1. The third-order valence-electron chi connectivity index (χ3n) is 4.05. The number of hydrogen-bond donors (Lipinski definition) is 0. The normalized spacial score (nSPS) is 14.4. The van der Waals surface area contributed by atoms with Gasteiger partial charge >= 0.3 is 0 Å². The highest BCUT2D eigenvalue weighted by Gasteiger charge is 2.19. The Bertz CT molecular complexity index is 554. The Kier molecular flexibility index (Phi) is 6.90. The first-order chi connectivity index (χ1) is 11.7. The molecule has 6 heteroatoms. The van der Waals surface area contributed by atoms with Crippen LogP contribution in [0.1, 0.15) is 25.8 Å². The molecule has 1 fully saturated rings. The summed E-state index contributed by atoms with van der Waals surface area (Å²) in [6.07, 6.45) is 1.97. The molecular formula is C18H26N2O4. The Hall–Kier alpha value is -2.24. The van der Waals surface area contributed by atoms with Crippen molar-refractivity contribution in [1.82, 2.24) is 9.80 Å². The molecule has 2 rings (SSSR count). The first-order valence-corrected chi connectivity index (χ1v) is 8.53. The molecule has 1 aliphatic heterocycles. The molecule has 0 unspecified atom stereocenters. The van der Waals surface area contributed by atoms with Crippen molar-refractivity contribution in [2.45, 2.75) is 26.7 Å². The number of hydrogen-bond acceptors (Lipinski definition) is 4. The Balaban J connectivity index is 1.90. The maximum atomic E-state index is 12.3. The lowest BCUT2D eigenvalue weighted by molar-refractivity contribution is -0.135. The molecular weight excluding hydrogens is 308 g/mol. The van der Waals surface area contributed by atoms with Gasteiger partial charge in [0.25, 0.3) is 0 Å². The number of rotatable bonds is 8. The lowest BCUT2D eigenvalue weighted by Crippen LogP contribution is -2.48. The molecule has 0 radical (unpaired) electrons. The van der Waals surface area contributed by atoms with E-state index in [-0.39, 0.29) is 5.91 Å². The SMILES string of the molecule is CCOc1ccc(CCC(=O)N2CCN(C=O)CC2)cc1OCC. The van der Waals surface area contributed by atoms with Crippen LogP contribution in [-0.2, 0) is 16.0 Å². The van der Waals surface area contributed by atoms with E-state index in [0.29, 0.717) is 52.2 Å². The van der Waals surface area contributed by atoms with Gasteiger partial charge in [0.05, 0.1) is 13.2 Å². The fraction of sp³-hybridized carbons (Fsp3) is 0.556. The molecule has 0 aromatic heterocycles. The molecule has 2 amide bonds. The lowest BCUT2D eigenvalue weighted by Gasteiger charge is -2.32. The fourth-order valence-electron chi connectivity index (χ4n) is 2.74. The van der Waals surface area contributed by atoms with Crippen molar-refractivity contribution in [1.29, 1.82) is 0 Å². The van der Waals surface area contributed by atoms with E-state index in [1.807, 2.05) is 36.9 Å². The number of amides is 2. The summed E-state index contributed by atoms with van der Waals surface area (Å²) in [6.45, 7) is 7.50. The minimum Gasteiger partial charge on any atom is -0.490 e. The van der Waals surface area contributed by atoms with Gasteiger partial charge in [-0.1, -0.05) is 6.07 Å². The zero-order valence-corrected chi connectivity index (χ0v) is 14.5. The first-order valence-electron chi connectivity index (χ1n) is 8.53. The summed E-state index contributed by atoms with van der Waals surface area (Å²) in [5.41, 5.74) is 1.06. The van der Waals surface area contributed by atoms with Gasteiger partial charge in [-0.2, -0.15) is 0 Å². The fourth-order valence-corrected chi connectivity index (χ4v) is 2.74. The number of carbonyl (C=O) groups excluding carboxylic acids is 2. The lowest BCUT2D eigenvalue weighted by atomic mass is 10.1. The Morgan fingerprint density at radius 2 is 1.75 bits per heavy atom. The van der Waals surface area contributed by atoms with E-state index in [0.717, 1.165) is 23.5 Å². The number of aryl methyl sites for hydroxylation is 1. The maximum absolute atomic E-state index is 12.3. The minimum atomic E-state index is 0.132. The van der Waals surface area contributed by atoms with Crippen LogP contribution in [0.25, 0.3) is 0 Å². The minimum absolute atomic E-state index is 0.132. The molecule has 132 valence electrons. The molecule has 0 N–H and O–H groups in total. The van der Waals surface area contributed by atoms with E-state index < -0.39 is 0 Å². The molecule has 1 saturated heterocycles. The van der Waals surface area contributed by atoms with E-state index in [9.17, 15) is 9.59 Å². The van der Waals surface area contributed by atoms with Crippen molar-refractivity contribution in [3.05, 3.63) is 23.8 Å². The standard InChI is InChI=1S/C18H26N2O4/c1-3-23-16-7-5-15(13-17(16)24-4-2)6-8-18(22)20-11-9-19(14-21)10-12-20/h5,7,13-14H,3-4,6,8-12H2,1-2H3. The first kappa shape index (κ1) is 18.1. The van der Waals surface area contributed by atoms with Gasteiger partial charge in [-0.15, -0.1) is 0 Å². The predicted octanol–water partition coefficient (Wildman–Crippen LogP) is 1.72. The van der Waals surface area contributed by atoms with Gasteiger partial charge < -0.3 is 19.3 Å². The van der Waals surface area contributed by atoms with Crippen LogP contribution < -0.4 is 9.47 Å². The highest BCUT2D eigenvalue weighted by atomic mass is 16.5. The highest BCUT2D eigenvalue weighted by Crippen LogP contribution is 2.29. The Morgan fingerprint density at radius 3 is 2.38 bits per heavy atom. The Labute approximate surface area is 143 Å². The topological polar surface area (TPSA) is 59.1 Å². The predicted molar refractivity (Wildman–Crippen MR) is 91.3 cm³/mol. The third kappa shape index (κ3) is 4.88. The third-order valence-corrected chi connectivity index (χ3v) is 4.05. The number of ether oxygens (including phenoxy) is 2. The summed E-state index contributed by atoms with van der Waals surface area (Å²) in [5.74, 6) is 1.59. The summed E-state index contributed by atoms with van der Waals surface area (Å²) in [5, 5.41) is 0. The van der Waals surface area contributed by atoms with Crippen LogP contribution in [0.5, 0.6) is 11.5 Å². The van der Waals surface area contributed by atoms with Gasteiger partial charge in [-0.3, -0.25) is 9.59 Å².